The summed E-state index contributed by atoms with van der Waals surface area (Å²) >= 11 is 0.820. The molecule has 0 aliphatic carbocycles. The van der Waals surface area contributed by atoms with Gasteiger partial charge < -0.3 is 19.7 Å². The summed E-state index contributed by atoms with van der Waals surface area (Å²) < 4.78 is 11.0. The predicted octanol–water partition coefficient (Wildman–Crippen LogP) is 4.76. The zero-order valence-electron chi connectivity index (χ0n) is 19.9. The van der Waals surface area contributed by atoms with E-state index in [4.69, 9.17) is 9.47 Å². The van der Waals surface area contributed by atoms with Crippen LogP contribution in [0, 0.1) is 0 Å². The van der Waals surface area contributed by atoms with Gasteiger partial charge in [0.05, 0.1) is 18.6 Å². The minimum atomic E-state index is -0.496. The maximum atomic E-state index is 12.9. The van der Waals surface area contributed by atoms with E-state index in [0.29, 0.717) is 29.4 Å². The van der Waals surface area contributed by atoms with Gasteiger partial charge in [-0.05, 0) is 80.4 Å². The lowest BCUT2D eigenvalue weighted by Gasteiger charge is -2.29. The third-order valence-electron chi connectivity index (χ3n) is 5.85. The Morgan fingerprint density at radius 2 is 1.83 bits per heavy atom. The van der Waals surface area contributed by atoms with Crippen LogP contribution in [0.4, 0.5) is 16.2 Å². The molecule has 35 heavy (non-hydrogen) atoms. The minimum Gasteiger partial charge on any atom is -0.496 e. The van der Waals surface area contributed by atoms with E-state index in [0.717, 1.165) is 35.4 Å². The van der Waals surface area contributed by atoms with E-state index >= 15 is 0 Å². The van der Waals surface area contributed by atoms with E-state index in [2.05, 4.69) is 10.2 Å². The molecule has 2 fully saturated rings. The van der Waals surface area contributed by atoms with E-state index in [9.17, 15) is 14.4 Å². The summed E-state index contributed by atoms with van der Waals surface area (Å²) in [5.74, 6) is 0.374. The van der Waals surface area contributed by atoms with Crippen molar-refractivity contribution in [1.29, 1.82) is 0 Å². The smallest absolute Gasteiger partial charge is 0.294 e. The van der Waals surface area contributed by atoms with E-state index in [1.165, 1.54) is 19.3 Å². The highest BCUT2D eigenvalue weighted by atomic mass is 32.2. The van der Waals surface area contributed by atoms with Gasteiger partial charge in [0, 0.05) is 36.1 Å². The van der Waals surface area contributed by atoms with Crippen molar-refractivity contribution in [3.05, 3.63) is 52.9 Å². The summed E-state index contributed by atoms with van der Waals surface area (Å²) in [7, 11) is 1.59. The predicted molar refractivity (Wildman–Crippen MR) is 138 cm³/mol. The average molecular weight is 496 g/mol. The minimum absolute atomic E-state index is 0.257. The van der Waals surface area contributed by atoms with Crippen molar-refractivity contribution in [3.63, 3.8) is 0 Å². The maximum Gasteiger partial charge on any atom is 0.294 e. The third kappa shape index (κ3) is 5.97. The van der Waals surface area contributed by atoms with Gasteiger partial charge >= 0.3 is 0 Å². The van der Waals surface area contributed by atoms with Crippen molar-refractivity contribution in [2.75, 3.05) is 43.6 Å². The van der Waals surface area contributed by atoms with E-state index < -0.39 is 17.1 Å². The van der Waals surface area contributed by atoms with Gasteiger partial charge in [0.25, 0.3) is 11.1 Å². The van der Waals surface area contributed by atoms with Gasteiger partial charge in [-0.1, -0.05) is 0 Å². The Kier molecular flexibility index (Phi) is 7.97. The van der Waals surface area contributed by atoms with Crippen molar-refractivity contribution in [2.24, 2.45) is 0 Å². The number of imide groups is 1. The van der Waals surface area contributed by atoms with Gasteiger partial charge in [-0.25, -0.2) is 0 Å². The number of hydrogen-bond acceptors (Lipinski definition) is 7. The SMILES string of the molecule is CCOc1ccc(NC(=O)CN2C(=O)S/C(=C/c3ccc(N4CCCCC4)cc3OC)C2=O)cc1. The molecule has 0 spiro atoms. The molecule has 2 aliphatic rings. The zero-order chi connectivity index (χ0) is 24.8. The average Bonchev–Trinajstić information content (AvgIpc) is 3.13. The van der Waals surface area contributed by atoms with Crippen molar-refractivity contribution < 1.29 is 23.9 Å². The van der Waals surface area contributed by atoms with Gasteiger partial charge in [-0.15, -0.1) is 0 Å². The van der Waals surface area contributed by atoms with Crippen molar-refractivity contribution >= 4 is 46.3 Å². The summed E-state index contributed by atoms with van der Waals surface area (Å²) in [4.78, 5) is 41.4. The summed E-state index contributed by atoms with van der Waals surface area (Å²) in [5, 5.41) is 2.23. The van der Waals surface area contributed by atoms with Crippen LogP contribution in [0.1, 0.15) is 31.7 Å². The first-order valence-corrected chi connectivity index (χ1v) is 12.5. The molecule has 1 N–H and O–H groups in total. The number of nitrogens with zero attached hydrogens (tertiary/aromatic N) is 2. The van der Waals surface area contributed by atoms with Gasteiger partial charge in [0.2, 0.25) is 5.91 Å². The number of anilines is 2. The van der Waals surface area contributed by atoms with Gasteiger partial charge in [-0.2, -0.15) is 0 Å². The highest BCUT2D eigenvalue weighted by molar-refractivity contribution is 8.18. The lowest BCUT2D eigenvalue weighted by atomic mass is 10.1. The lowest BCUT2D eigenvalue weighted by Crippen LogP contribution is -2.36. The summed E-state index contributed by atoms with van der Waals surface area (Å²) in [6, 6.07) is 12.8. The molecule has 9 heteroatoms. The first-order valence-electron chi connectivity index (χ1n) is 11.7. The molecule has 0 aromatic heterocycles. The number of benzene rings is 2. The molecule has 2 aromatic rings. The van der Waals surface area contributed by atoms with Crippen molar-refractivity contribution in [2.45, 2.75) is 26.2 Å². The fraction of sp³-hybridized carbons (Fsp3) is 0.346. The monoisotopic (exact) mass is 495 g/mol. The molecule has 2 aromatic carbocycles. The number of amides is 3. The summed E-state index contributed by atoms with van der Waals surface area (Å²) in [6.07, 6.45) is 5.24. The molecule has 2 saturated heterocycles. The molecule has 0 unspecified atom stereocenters. The van der Waals surface area contributed by atoms with Crippen molar-refractivity contribution in [3.8, 4) is 11.5 Å². The molecule has 4 rings (SSSR count). The molecular weight excluding hydrogens is 466 g/mol. The first-order chi connectivity index (χ1) is 17.0. The number of carbonyl (C=O) groups is 3. The topological polar surface area (TPSA) is 88.2 Å². The largest absolute Gasteiger partial charge is 0.496 e. The highest BCUT2D eigenvalue weighted by Crippen LogP contribution is 2.35. The number of carbonyl (C=O) groups excluding carboxylic acids is 3. The lowest BCUT2D eigenvalue weighted by molar-refractivity contribution is -0.127. The summed E-state index contributed by atoms with van der Waals surface area (Å²) in [5.41, 5.74) is 2.34. The number of piperidine rings is 1. The Bertz CT molecular complexity index is 1130. The second-order valence-corrected chi connectivity index (χ2v) is 9.24. The Morgan fingerprint density at radius 3 is 2.51 bits per heavy atom. The quantitative estimate of drug-likeness (QED) is 0.528. The number of thioether (sulfide) groups is 1. The molecule has 0 saturated carbocycles. The first kappa shape index (κ1) is 24.7. The third-order valence-corrected chi connectivity index (χ3v) is 6.76. The summed E-state index contributed by atoms with van der Waals surface area (Å²) in [6.45, 7) is 4.11. The second kappa shape index (κ2) is 11.3. The van der Waals surface area contributed by atoms with Crippen molar-refractivity contribution in [1.82, 2.24) is 4.90 Å². The normalized spacial score (nSPS) is 17.1. The zero-order valence-corrected chi connectivity index (χ0v) is 20.7. The molecule has 0 atom stereocenters. The number of rotatable bonds is 8. The Morgan fingerprint density at radius 1 is 1.09 bits per heavy atom. The van der Waals surface area contributed by atoms with Crippen LogP contribution in [-0.2, 0) is 9.59 Å². The van der Waals surface area contributed by atoms with E-state index in [-0.39, 0.29) is 11.4 Å². The van der Waals surface area contributed by atoms with E-state index in [1.54, 1.807) is 37.5 Å². The number of nitrogens with one attached hydrogen (secondary N) is 1. The van der Waals surface area contributed by atoms with Gasteiger partial charge in [0.15, 0.2) is 0 Å². The standard InChI is InChI=1S/C26H29N3O5S/c1-3-34-21-11-8-19(9-12-21)27-24(30)17-29-25(31)23(35-26(29)32)15-18-7-10-20(16-22(18)33-2)28-13-5-4-6-14-28/h7-12,15-16H,3-6,13-14,17H2,1-2H3,(H,27,30)/b23-15+. The molecule has 2 heterocycles. The Balaban J connectivity index is 1.43. The van der Waals surface area contributed by atoms with Crippen LogP contribution >= 0.6 is 11.8 Å². The molecule has 0 bridgehead atoms. The maximum absolute atomic E-state index is 12.9. The van der Waals surface area contributed by atoms with Crippen LogP contribution in [-0.4, -0.2) is 55.3 Å². The Hall–Kier alpha value is -3.46. The van der Waals surface area contributed by atoms with Crippen LogP contribution in [0.2, 0.25) is 0 Å². The van der Waals surface area contributed by atoms with Crippen LogP contribution in [0.5, 0.6) is 11.5 Å². The number of ether oxygens (including phenoxy) is 2. The molecular formula is C26H29N3O5S. The fourth-order valence-electron chi connectivity index (χ4n) is 4.09. The Labute approximate surface area is 209 Å². The van der Waals surface area contributed by atoms with E-state index in [1.807, 2.05) is 25.1 Å². The van der Waals surface area contributed by atoms with Gasteiger partial charge in [0.1, 0.15) is 18.0 Å². The molecule has 0 radical (unpaired) electrons. The molecule has 8 nitrogen and oxygen atoms in total. The molecule has 3 amide bonds. The van der Waals surface area contributed by atoms with Gasteiger partial charge in [-0.3, -0.25) is 19.3 Å². The number of methoxy groups -OCH3 is 1. The van der Waals surface area contributed by atoms with Crippen LogP contribution < -0.4 is 19.7 Å². The molecule has 2 aliphatic heterocycles. The molecule has 184 valence electrons. The fourth-order valence-corrected chi connectivity index (χ4v) is 4.92. The van der Waals surface area contributed by atoms with Crippen LogP contribution in [0.25, 0.3) is 6.08 Å². The second-order valence-electron chi connectivity index (χ2n) is 8.25. The number of hydrogen-bond donors (Lipinski definition) is 1. The van der Waals surface area contributed by atoms with Crippen LogP contribution in [0.3, 0.4) is 0 Å². The highest BCUT2D eigenvalue weighted by Gasteiger charge is 2.36. The van der Waals surface area contributed by atoms with Crippen LogP contribution in [0.15, 0.2) is 47.4 Å².